The van der Waals surface area contributed by atoms with E-state index < -0.39 is 23.7 Å². The number of aliphatic carboxylic acids is 1. The van der Waals surface area contributed by atoms with Gasteiger partial charge in [0.25, 0.3) is 0 Å². The van der Waals surface area contributed by atoms with Crippen LogP contribution in [0.1, 0.15) is 58.2 Å². The molecule has 0 aliphatic carbocycles. The molecule has 0 saturated carbocycles. The van der Waals surface area contributed by atoms with Gasteiger partial charge in [0.15, 0.2) is 0 Å². The second kappa shape index (κ2) is 7.99. The molecule has 5 nitrogen and oxygen atoms in total. The monoisotopic (exact) mass is 320 g/mol. The minimum atomic E-state index is -1.22. The highest BCUT2D eigenvalue weighted by Crippen LogP contribution is 2.19. The topological polar surface area (TPSA) is 78.5 Å². The number of carboxylic acid groups (broad SMARTS) is 1. The van der Waals surface area contributed by atoms with Gasteiger partial charge in [-0.2, -0.15) is 0 Å². The van der Waals surface area contributed by atoms with E-state index in [0.29, 0.717) is 11.5 Å². The van der Waals surface area contributed by atoms with Gasteiger partial charge in [-0.25, -0.2) is 4.79 Å². The Balaban J connectivity index is 2.85. The maximum absolute atomic E-state index is 11.9. The van der Waals surface area contributed by atoms with E-state index in [2.05, 4.69) is 19.2 Å². The fourth-order valence-electron chi connectivity index (χ4n) is 2.23. The van der Waals surface area contributed by atoms with Crippen LogP contribution in [-0.4, -0.2) is 17.7 Å². The zero-order valence-corrected chi connectivity index (χ0v) is 14.5. The van der Waals surface area contributed by atoms with Gasteiger partial charge in [0.1, 0.15) is 5.60 Å². The van der Waals surface area contributed by atoms with Crippen LogP contribution in [0.4, 0.5) is 4.79 Å². The third kappa shape index (κ3) is 7.68. The Morgan fingerprint density at radius 3 is 2.17 bits per heavy atom. The van der Waals surface area contributed by atoms with Crippen molar-refractivity contribution in [2.45, 2.75) is 59.1 Å². The number of carbonyl (C=O) groups excluding carboxylic acids is 2. The number of nitrogens with one attached hydrogen (secondary N) is 1. The summed E-state index contributed by atoms with van der Waals surface area (Å²) < 4.78 is 5.18. The summed E-state index contributed by atoms with van der Waals surface area (Å²) in [7, 11) is 0. The lowest BCUT2D eigenvalue weighted by molar-refractivity contribution is -0.306. The Labute approximate surface area is 138 Å². The Kier molecular flexibility index (Phi) is 6.61. The average Bonchev–Trinajstić information content (AvgIpc) is 2.35. The molecule has 1 aromatic rings. The highest BCUT2D eigenvalue weighted by molar-refractivity contribution is 5.71. The largest absolute Gasteiger partial charge is 0.550 e. The van der Waals surface area contributed by atoms with Gasteiger partial charge < -0.3 is 20.0 Å². The molecule has 0 heterocycles. The Hall–Kier alpha value is -2.04. The van der Waals surface area contributed by atoms with Crippen LogP contribution in [0.2, 0.25) is 0 Å². The number of alkyl carbamates (subject to hydrolysis) is 1. The molecule has 0 aliphatic rings. The molecule has 1 N–H and O–H groups in total. The molecule has 0 saturated heterocycles. The van der Waals surface area contributed by atoms with Crippen LogP contribution in [-0.2, 0) is 16.0 Å². The van der Waals surface area contributed by atoms with Crippen molar-refractivity contribution in [3.63, 3.8) is 0 Å². The van der Waals surface area contributed by atoms with E-state index in [1.165, 1.54) is 5.56 Å². The van der Waals surface area contributed by atoms with E-state index in [4.69, 9.17) is 4.74 Å². The van der Waals surface area contributed by atoms with Crippen molar-refractivity contribution in [3.05, 3.63) is 35.4 Å². The van der Waals surface area contributed by atoms with Crippen LogP contribution in [0, 0.1) is 5.92 Å². The van der Waals surface area contributed by atoms with Gasteiger partial charge in [-0.3, -0.25) is 0 Å². The summed E-state index contributed by atoms with van der Waals surface area (Å²) in [5.41, 5.74) is 1.25. The molecule has 0 radical (unpaired) electrons. The lowest BCUT2D eigenvalue weighted by Crippen LogP contribution is -2.37. The molecule has 23 heavy (non-hydrogen) atoms. The molecule has 0 aliphatic heterocycles. The van der Waals surface area contributed by atoms with Crippen molar-refractivity contribution in [2.75, 3.05) is 0 Å². The molecular weight excluding hydrogens is 294 g/mol. The summed E-state index contributed by atoms with van der Waals surface area (Å²) in [6.07, 6.45) is 0.00301. The van der Waals surface area contributed by atoms with Crippen molar-refractivity contribution in [1.82, 2.24) is 5.32 Å². The van der Waals surface area contributed by atoms with E-state index in [1.54, 1.807) is 20.8 Å². The summed E-state index contributed by atoms with van der Waals surface area (Å²) in [4.78, 5) is 22.8. The normalized spacial score (nSPS) is 12.8. The third-order valence-corrected chi connectivity index (χ3v) is 3.09. The smallest absolute Gasteiger partial charge is 0.408 e. The lowest BCUT2D eigenvalue weighted by atomic mass is 9.98. The van der Waals surface area contributed by atoms with E-state index in [9.17, 15) is 14.7 Å². The Morgan fingerprint density at radius 2 is 1.74 bits per heavy atom. The molecule has 0 bridgehead atoms. The van der Waals surface area contributed by atoms with Crippen LogP contribution in [0.3, 0.4) is 0 Å². The van der Waals surface area contributed by atoms with Crippen molar-refractivity contribution in [1.29, 1.82) is 0 Å². The zero-order chi connectivity index (χ0) is 17.6. The number of hydrogen-bond acceptors (Lipinski definition) is 4. The van der Waals surface area contributed by atoms with Crippen LogP contribution >= 0.6 is 0 Å². The van der Waals surface area contributed by atoms with E-state index in [1.807, 2.05) is 24.3 Å². The molecule has 1 rings (SSSR count). The van der Waals surface area contributed by atoms with Crippen molar-refractivity contribution in [2.24, 2.45) is 5.92 Å². The predicted molar refractivity (Wildman–Crippen MR) is 86.7 cm³/mol. The quantitative estimate of drug-likeness (QED) is 0.874. The summed E-state index contributed by atoms with van der Waals surface area (Å²) in [5, 5.41) is 13.6. The van der Waals surface area contributed by atoms with Gasteiger partial charge >= 0.3 is 6.09 Å². The summed E-state index contributed by atoms with van der Waals surface area (Å²) in [5.74, 6) is -0.683. The molecule has 1 amide bonds. The molecule has 1 aromatic carbocycles. The highest BCUT2D eigenvalue weighted by atomic mass is 16.6. The molecule has 128 valence electrons. The van der Waals surface area contributed by atoms with Gasteiger partial charge in [0.05, 0.1) is 6.04 Å². The van der Waals surface area contributed by atoms with Gasteiger partial charge in [0.2, 0.25) is 0 Å². The molecule has 0 spiro atoms. The average molecular weight is 320 g/mol. The molecule has 0 aromatic heterocycles. The number of hydrogen-bond donors (Lipinski definition) is 1. The van der Waals surface area contributed by atoms with Crippen LogP contribution < -0.4 is 10.4 Å². The minimum absolute atomic E-state index is 0.303. The maximum Gasteiger partial charge on any atom is 0.408 e. The number of benzene rings is 1. The Bertz CT molecular complexity index is 529. The van der Waals surface area contributed by atoms with Crippen LogP contribution in [0.15, 0.2) is 24.3 Å². The van der Waals surface area contributed by atoms with E-state index in [0.717, 1.165) is 6.42 Å². The number of carboxylic acids is 1. The molecule has 5 heteroatoms. The Morgan fingerprint density at radius 1 is 1.17 bits per heavy atom. The van der Waals surface area contributed by atoms with Gasteiger partial charge in [0, 0.05) is 12.4 Å². The standard InChI is InChI=1S/C18H27NO4/c1-12(2)10-13-6-8-14(9-7-13)15(11-16(20)21)19-17(22)23-18(3,4)5/h6-9,12,15H,10-11H2,1-5H3,(H,19,22)(H,20,21)/p-1/t15-/m0/s1. The first kappa shape index (κ1) is 19.0. The number of carbonyl (C=O) groups is 2. The van der Waals surface area contributed by atoms with Gasteiger partial charge in [-0.05, 0) is 44.2 Å². The first-order valence-corrected chi connectivity index (χ1v) is 7.85. The lowest BCUT2D eigenvalue weighted by Gasteiger charge is -2.24. The van der Waals surface area contributed by atoms with Crippen molar-refractivity contribution in [3.8, 4) is 0 Å². The fraction of sp³-hybridized carbons (Fsp3) is 0.556. The predicted octanol–water partition coefficient (Wildman–Crippen LogP) is 2.59. The third-order valence-electron chi connectivity index (χ3n) is 3.09. The highest BCUT2D eigenvalue weighted by Gasteiger charge is 2.20. The van der Waals surface area contributed by atoms with E-state index in [-0.39, 0.29) is 6.42 Å². The summed E-state index contributed by atoms with van der Waals surface area (Å²) in [6.45, 7) is 9.52. The second-order valence-corrected chi connectivity index (χ2v) is 7.11. The number of amides is 1. The summed E-state index contributed by atoms with van der Waals surface area (Å²) >= 11 is 0. The van der Waals surface area contributed by atoms with Gasteiger partial charge in [-0.15, -0.1) is 0 Å². The molecular formula is C18H26NO4-. The second-order valence-electron chi connectivity index (χ2n) is 7.11. The zero-order valence-electron chi connectivity index (χ0n) is 14.5. The number of ether oxygens (including phenoxy) is 1. The molecule has 0 fully saturated rings. The minimum Gasteiger partial charge on any atom is -0.550 e. The van der Waals surface area contributed by atoms with Crippen molar-refractivity contribution >= 4 is 12.1 Å². The SMILES string of the molecule is CC(C)Cc1ccc([C@H](CC(=O)[O-])NC(=O)OC(C)(C)C)cc1. The van der Waals surface area contributed by atoms with Gasteiger partial charge in [-0.1, -0.05) is 38.1 Å². The molecule has 0 unspecified atom stereocenters. The fourth-order valence-corrected chi connectivity index (χ4v) is 2.23. The summed E-state index contributed by atoms with van der Waals surface area (Å²) in [6, 6.07) is 6.90. The van der Waals surface area contributed by atoms with Crippen LogP contribution in [0.25, 0.3) is 0 Å². The first-order chi connectivity index (χ1) is 10.6. The van der Waals surface area contributed by atoms with Crippen LogP contribution in [0.5, 0.6) is 0 Å². The van der Waals surface area contributed by atoms with Crippen molar-refractivity contribution < 1.29 is 19.4 Å². The number of rotatable bonds is 6. The first-order valence-electron chi connectivity index (χ1n) is 7.85. The maximum atomic E-state index is 11.9. The molecule has 1 atom stereocenters. The van der Waals surface area contributed by atoms with E-state index >= 15 is 0 Å².